The van der Waals surface area contributed by atoms with E-state index in [2.05, 4.69) is 31.2 Å². The Labute approximate surface area is 132 Å². The van der Waals surface area contributed by atoms with Gasteiger partial charge in [0.15, 0.2) is 0 Å². The van der Waals surface area contributed by atoms with Crippen molar-refractivity contribution in [3.63, 3.8) is 0 Å². The zero-order valence-electron chi connectivity index (χ0n) is 12.6. The van der Waals surface area contributed by atoms with Gasteiger partial charge in [0, 0.05) is 12.1 Å². The van der Waals surface area contributed by atoms with Gasteiger partial charge in [-0.1, -0.05) is 0 Å². The summed E-state index contributed by atoms with van der Waals surface area (Å²) in [4.78, 5) is 14.8. The van der Waals surface area contributed by atoms with Gasteiger partial charge in [-0.2, -0.15) is 15.3 Å². The summed E-state index contributed by atoms with van der Waals surface area (Å²) in [7, 11) is 3.97. The summed E-state index contributed by atoms with van der Waals surface area (Å²) in [6.07, 6.45) is 1.65. The van der Waals surface area contributed by atoms with Crippen molar-refractivity contribution in [2.24, 2.45) is 0 Å². The quantitative estimate of drug-likeness (QED) is 0.769. The summed E-state index contributed by atoms with van der Waals surface area (Å²) in [5.41, 5.74) is 2.46. The van der Waals surface area contributed by atoms with E-state index < -0.39 is 0 Å². The van der Waals surface area contributed by atoms with Crippen LogP contribution in [0, 0.1) is 13.8 Å². The molecule has 112 valence electrons. The van der Waals surface area contributed by atoms with Crippen LogP contribution in [0.4, 0.5) is 0 Å². The zero-order valence-corrected chi connectivity index (χ0v) is 14.2. The molecule has 0 aliphatic heterocycles. The van der Waals surface area contributed by atoms with Gasteiger partial charge in [-0.05, 0) is 49.9 Å². The first-order chi connectivity index (χ1) is 9.90. The van der Waals surface area contributed by atoms with E-state index in [1.807, 2.05) is 25.9 Å². The Morgan fingerprint density at radius 2 is 2.05 bits per heavy atom. The third-order valence-corrected chi connectivity index (χ3v) is 3.69. The first-order valence-corrected chi connectivity index (χ1v) is 7.41. The Balaban J connectivity index is 2.39. The standard InChI is InChI=1S/C14H18BrN5O/c1-9-7-11(10(2)18-17-9)14(21)13-12(15)8-16-20(13)6-5-19(3)4/h7-8H,5-6H2,1-4H3. The van der Waals surface area contributed by atoms with E-state index >= 15 is 0 Å². The average Bonchev–Trinajstić information content (AvgIpc) is 2.79. The van der Waals surface area contributed by atoms with E-state index in [1.54, 1.807) is 23.9 Å². The van der Waals surface area contributed by atoms with Crippen LogP contribution in [0.3, 0.4) is 0 Å². The fourth-order valence-electron chi connectivity index (χ4n) is 1.96. The minimum absolute atomic E-state index is 0.0892. The molecule has 0 aliphatic rings. The Morgan fingerprint density at radius 1 is 1.33 bits per heavy atom. The number of nitrogens with zero attached hydrogens (tertiary/aromatic N) is 5. The molecule has 0 fully saturated rings. The fourth-order valence-corrected chi connectivity index (χ4v) is 2.44. The molecule has 0 unspecified atom stereocenters. The number of hydrogen-bond donors (Lipinski definition) is 0. The number of carbonyl (C=O) groups is 1. The van der Waals surface area contributed by atoms with Crippen molar-refractivity contribution >= 4 is 21.7 Å². The van der Waals surface area contributed by atoms with E-state index in [4.69, 9.17) is 0 Å². The number of likely N-dealkylation sites (N-methyl/N-ethyl adjacent to an activating group) is 1. The second-order valence-corrected chi connectivity index (χ2v) is 6.04. The van der Waals surface area contributed by atoms with Crippen molar-refractivity contribution in [3.8, 4) is 0 Å². The molecule has 0 spiro atoms. The molecule has 0 aromatic carbocycles. The van der Waals surface area contributed by atoms with Gasteiger partial charge in [0.2, 0.25) is 5.78 Å². The number of ketones is 1. The van der Waals surface area contributed by atoms with Gasteiger partial charge in [0.25, 0.3) is 0 Å². The highest BCUT2D eigenvalue weighted by Crippen LogP contribution is 2.21. The molecule has 21 heavy (non-hydrogen) atoms. The van der Waals surface area contributed by atoms with Crippen molar-refractivity contribution < 1.29 is 4.79 Å². The molecule has 0 N–H and O–H groups in total. The summed E-state index contributed by atoms with van der Waals surface area (Å²) >= 11 is 3.41. The molecule has 2 rings (SSSR count). The van der Waals surface area contributed by atoms with Crippen LogP contribution in [-0.4, -0.2) is 51.3 Å². The van der Waals surface area contributed by atoms with Crippen molar-refractivity contribution in [1.29, 1.82) is 0 Å². The Bertz CT molecular complexity index is 665. The van der Waals surface area contributed by atoms with Crippen LogP contribution >= 0.6 is 15.9 Å². The molecular formula is C14H18BrN5O. The molecule has 7 heteroatoms. The van der Waals surface area contributed by atoms with E-state index in [0.29, 0.717) is 28.0 Å². The van der Waals surface area contributed by atoms with Crippen LogP contribution in [-0.2, 0) is 6.54 Å². The highest BCUT2D eigenvalue weighted by Gasteiger charge is 2.21. The third kappa shape index (κ3) is 3.54. The number of aromatic nitrogens is 4. The van der Waals surface area contributed by atoms with Crippen LogP contribution in [0.1, 0.15) is 27.4 Å². The Kier molecular flexibility index (Phi) is 4.84. The predicted octanol–water partition coefficient (Wildman–Crippen LogP) is 1.85. The lowest BCUT2D eigenvalue weighted by Crippen LogP contribution is -2.22. The van der Waals surface area contributed by atoms with E-state index in [9.17, 15) is 4.79 Å². The van der Waals surface area contributed by atoms with E-state index in [-0.39, 0.29) is 5.78 Å². The van der Waals surface area contributed by atoms with Crippen molar-refractivity contribution in [2.45, 2.75) is 20.4 Å². The van der Waals surface area contributed by atoms with E-state index in [1.165, 1.54) is 0 Å². The van der Waals surface area contributed by atoms with Crippen LogP contribution in [0.25, 0.3) is 0 Å². The van der Waals surface area contributed by atoms with Crippen LogP contribution in [0.2, 0.25) is 0 Å². The van der Waals surface area contributed by atoms with Gasteiger partial charge < -0.3 is 4.90 Å². The number of halogens is 1. The normalized spacial score (nSPS) is 11.1. The van der Waals surface area contributed by atoms with Gasteiger partial charge in [-0.3, -0.25) is 9.48 Å². The van der Waals surface area contributed by atoms with Gasteiger partial charge >= 0.3 is 0 Å². The van der Waals surface area contributed by atoms with Crippen LogP contribution in [0.5, 0.6) is 0 Å². The number of aryl methyl sites for hydroxylation is 2. The van der Waals surface area contributed by atoms with Gasteiger partial charge in [-0.15, -0.1) is 0 Å². The lowest BCUT2D eigenvalue weighted by Gasteiger charge is -2.12. The first kappa shape index (κ1) is 15.8. The molecule has 0 aliphatic carbocycles. The monoisotopic (exact) mass is 351 g/mol. The molecule has 2 heterocycles. The van der Waals surface area contributed by atoms with Crippen molar-refractivity contribution in [2.75, 3.05) is 20.6 Å². The number of rotatable bonds is 5. The van der Waals surface area contributed by atoms with Crippen molar-refractivity contribution in [3.05, 3.63) is 39.4 Å². The molecule has 0 saturated carbocycles. The summed E-state index contributed by atoms with van der Waals surface area (Å²) in [6, 6.07) is 1.76. The van der Waals surface area contributed by atoms with Gasteiger partial charge in [0.05, 0.1) is 28.6 Å². The third-order valence-electron chi connectivity index (χ3n) is 3.11. The summed E-state index contributed by atoms with van der Waals surface area (Å²) < 4.78 is 2.42. The maximum absolute atomic E-state index is 12.8. The lowest BCUT2D eigenvalue weighted by atomic mass is 10.1. The zero-order chi connectivity index (χ0) is 15.6. The van der Waals surface area contributed by atoms with Gasteiger partial charge in [-0.25, -0.2) is 0 Å². The van der Waals surface area contributed by atoms with Gasteiger partial charge in [0.1, 0.15) is 5.69 Å². The topological polar surface area (TPSA) is 63.9 Å². The lowest BCUT2D eigenvalue weighted by molar-refractivity contribution is 0.102. The maximum atomic E-state index is 12.8. The molecule has 0 amide bonds. The molecule has 2 aromatic heterocycles. The summed E-state index contributed by atoms with van der Waals surface area (Å²) in [5, 5.41) is 12.3. The Morgan fingerprint density at radius 3 is 2.71 bits per heavy atom. The largest absolute Gasteiger partial charge is 0.308 e. The minimum Gasteiger partial charge on any atom is -0.308 e. The van der Waals surface area contributed by atoms with E-state index in [0.717, 1.165) is 12.2 Å². The molecule has 2 aromatic rings. The summed E-state index contributed by atoms with van der Waals surface area (Å²) in [5.74, 6) is -0.0892. The highest BCUT2D eigenvalue weighted by molar-refractivity contribution is 9.10. The molecule has 0 bridgehead atoms. The van der Waals surface area contributed by atoms with Crippen LogP contribution < -0.4 is 0 Å². The second kappa shape index (κ2) is 6.44. The minimum atomic E-state index is -0.0892. The first-order valence-electron chi connectivity index (χ1n) is 6.62. The SMILES string of the molecule is Cc1cc(C(=O)c2c(Br)cnn2CCN(C)C)c(C)nn1. The molecule has 0 radical (unpaired) electrons. The Hall–Kier alpha value is -1.60. The van der Waals surface area contributed by atoms with Crippen molar-refractivity contribution in [1.82, 2.24) is 24.9 Å². The fraction of sp³-hybridized carbons (Fsp3) is 0.429. The second-order valence-electron chi connectivity index (χ2n) is 5.18. The molecular weight excluding hydrogens is 334 g/mol. The summed E-state index contributed by atoms with van der Waals surface area (Å²) in [6.45, 7) is 5.06. The molecule has 6 nitrogen and oxygen atoms in total. The van der Waals surface area contributed by atoms with Crippen LogP contribution in [0.15, 0.2) is 16.7 Å². The number of carbonyl (C=O) groups excluding carboxylic acids is 1. The smallest absolute Gasteiger partial charge is 0.214 e. The predicted molar refractivity (Wildman–Crippen MR) is 83.4 cm³/mol. The molecule has 0 saturated heterocycles. The average molecular weight is 352 g/mol. The maximum Gasteiger partial charge on any atom is 0.214 e. The number of hydrogen-bond acceptors (Lipinski definition) is 5. The molecule has 0 atom stereocenters. The highest BCUT2D eigenvalue weighted by atomic mass is 79.9.